The van der Waals surface area contributed by atoms with E-state index in [1.807, 2.05) is 6.92 Å². The lowest BCUT2D eigenvalue weighted by Gasteiger charge is -2.00. The fraction of sp³-hybridized carbons (Fsp3) is 0.556. The number of nitrogens with zero attached hydrogens (tertiary/aromatic N) is 2. The highest BCUT2D eigenvalue weighted by atomic mass is 16.1. The third-order valence-electron chi connectivity index (χ3n) is 1.89. The van der Waals surface area contributed by atoms with Crippen LogP contribution in [0.4, 0.5) is 0 Å². The number of nitrogens with two attached hydrogens (primary N) is 1. The Kier molecular flexibility index (Phi) is 4.12. The molecule has 0 saturated heterocycles. The average Bonchev–Trinajstić information content (AvgIpc) is 2.66. The Morgan fingerprint density at radius 1 is 1.71 bits per heavy atom. The zero-order valence-electron chi connectivity index (χ0n) is 8.36. The number of hydrogen-bond donors (Lipinski definition) is 2. The lowest BCUT2D eigenvalue weighted by atomic mass is 10.3. The molecule has 14 heavy (non-hydrogen) atoms. The van der Waals surface area contributed by atoms with Crippen LogP contribution in [0.15, 0.2) is 12.4 Å². The van der Waals surface area contributed by atoms with Gasteiger partial charge in [0.25, 0.3) is 5.91 Å². The quantitative estimate of drug-likeness (QED) is 0.650. The number of aryl methyl sites for hydroxylation is 1. The molecule has 1 amide bonds. The van der Waals surface area contributed by atoms with E-state index in [1.165, 1.54) is 0 Å². The van der Waals surface area contributed by atoms with E-state index in [1.54, 1.807) is 17.1 Å². The molecule has 1 aromatic rings. The van der Waals surface area contributed by atoms with Gasteiger partial charge in [0, 0.05) is 19.3 Å². The standard InChI is InChI=1S/C9H16N4O/c1-2-13-7-8(6-12-13)9(14)11-5-3-4-10/h6-7H,2-5,10H2,1H3,(H,11,14). The number of carbonyl (C=O) groups is 1. The fourth-order valence-corrected chi connectivity index (χ4v) is 1.06. The molecular formula is C9H16N4O. The van der Waals surface area contributed by atoms with Crippen molar-refractivity contribution in [3.8, 4) is 0 Å². The van der Waals surface area contributed by atoms with Crippen molar-refractivity contribution in [3.63, 3.8) is 0 Å². The summed E-state index contributed by atoms with van der Waals surface area (Å²) in [5.74, 6) is -0.0850. The molecule has 0 radical (unpaired) electrons. The van der Waals surface area contributed by atoms with Gasteiger partial charge < -0.3 is 11.1 Å². The van der Waals surface area contributed by atoms with Crippen LogP contribution in [-0.4, -0.2) is 28.8 Å². The minimum Gasteiger partial charge on any atom is -0.352 e. The number of hydrogen-bond acceptors (Lipinski definition) is 3. The van der Waals surface area contributed by atoms with Gasteiger partial charge in [-0.2, -0.15) is 5.10 Å². The second-order valence-electron chi connectivity index (χ2n) is 2.98. The van der Waals surface area contributed by atoms with Crippen LogP contribution in [0.3, 0.4) is 0 Å². The number of rotatable bonds is 5. The fourth-order valence-electron chi connectivity index (χ4n) is 1.06. The first-order valence-electron chi connectivity index (χ1n) is 4.78. The molecule has 5 nitrogen and oxygen atoms in total. The predicted octanol–water partition coefficient (Wildman–Crippen LogP) is -0.0184. The monoisotopic (exact) mass is 196 g/mol. The third-order valence-corrected chi connectivity index (χ3v) is 1.89. The summed E-state index contributed by atoms with van der Waals surface area (Å²) in [5, 5.41) is 6.78. The molecular weight excluding hydrogens is 180 g/mol. The summed E-state index contributed by atoms with van der Waals surface area (Å²) in [6.07, 6.45) is 4.10. The van der Waals surface area contributed by atoms with E-state index in [9.17, 15) is 4.79 Å². The number of aromatic nitrogens is 2. The van der Waals surface area contributed by atoms with Crippen molar-refractivity contribution in [1.82, 2.24) is 15.1 Å². The van der Waals surface area contributed by atoms with Gasteiger partial charge in [0.05, 0.1) is 11.8 Å². The Hall–Kier alpha value is -1.36. The zero-order valence-corrected chi connectivity index (χ0v) is 8.36. The SMILES string of the molecule is CCn1cc(C(=O)NCCCN)cn1. The second kappa shape index (κ2) is 5.39. The predicted molar refractivity (Wildman–Crippen MR) is 53.9 cm³/mol. The summed E-state index contributed by atoms with van der Waals surface area (Å²) in [6.45, 7) is 3.96. The first-order chi connectivity index (χ1) is 6.77. The largest absolute Gasteiger partial charge is 0.352 e. The summed E-state index contributed by atoms with van der Waals surface area (Å²) in [4.78, 5) is 11.4. The summed E-state index contributed by atoms with van der Waals surface area (Å²) < 4.78 is 1.72. The van der Waals surface area contributed by atoms with Gasteiger partial charge in [-0.1, -0.05) is 0 Å². The van der Waals surface area contributed by atoms with Crippen molar-refractivity contribution in [3.05, 3.63) is 18.0 Å². The minimum atomic E-state index is -0.0850. The van der Waals surface area contributed by atoms with E-state index < -0.39 is 0 Å². The Morgan fingerprint density at radius 3 is 3.07 bits per heavy atom. The van der Waals surface area contributed by atoms with E-state index in [-0.39, 0.29) is 5.91 Å². The minimum absolute atomic E-state index is 0.0850. The maximum absolute atomic E-state index is 11.4. The molecule has 0 aliphatic carbocycles. The molecule has 1 aromatic heterocycles. The van der Waals surface area contributed by atoms with Crippen molar-refractivity contribution in [2.45, 2.75) is 19.9 Å². The van der Waals surface area contributed by atoms with Crippen LogP contribution in [0.1, 0.15) is 23.7 Å². The van der Waals surface area contributed by atoms with Crippen molar-refractivity contribution >= 4 is 5.91 Å². The van der Waals surface area contributed by atoms with E-state index >= 15 is 0 Å². The Bertz CT molecular complexity index is 295. The zero-order chi connectivity index (χ0) is 10.4. The Morgan fingerprint density at radius 2 is 2.50 bits per heavy atom. The van der Waals surface area contributed by atoms with E-state index in [0.717, 1.165) is 13.0 Å². The van der Waals surface area contributed by atoms with Gasteiger partial charge in [0.15, 0.2) is 0 Å². The molecule has 1 rings (SSSR count). The molecule has 0 bridgehead atoms. The van der Waals surface area contributed by atoms with Crippen molar-refractivity contribution < 1.29 is 4.79 Å². The van der Waals surface area contributed by atoms with E-state index in [0.29, 0.717) is 18.7 Å². The Labute approximate surface area is 83.3 Å². The number of carbonyl (C=O) groups excluding carboxylic acids is 1. The van der Waals surface area contributed by atoms with Crippen molar-refractivity contribution in [1.29, 1.82) is 0 Å². The van der Waals surface area contributed by atoms with Gasteiger partial charge in [-0.3, -0.25) is 9.48 Å². The van der Waals surface area contributed by atoms with Gasteiger partial charge in [-0.25, -0.2) is 0 Å². The van der Waals surface area contributed by atoms with Crippen LogP contribution >= 0.6 is 0 Å². The molecule has 0 unspecified atom stereocenters. The van der Waals surface area contributed by atoms with Crippen molar-refractivity contribution in [2.24, 2.45) is 5.73 Å². The average molecular weight is 196 g/mol. The maximum Gasteiger partial charge on any atom is 0.254 e. The van der Waals surface area contributed by atoms with Gasteiger partial charge in [0.1, 0.15) is 0 Å². The highest BCUT2D eigenvalue weighted by molar-refractivity contribution is 5.93. The smallest absolute Gasteiger partial charge is 0.254 e. The molecule has 0 fully saturated rings. The third kappa shape index (κ3) is 2.85. The molecule has 5 heteroatoms. The molecule has 3 N–H and O–H groups in total. The summed E-state index contributed by atoms with van der Waals surface area (Å²) in [7, 11) is 0. The second-order valence-corrected chi connectivity index (χ2v) is 2.98. The molecule has 1 heterocycles. The summed E-state index contributed by atoms with van der Waals surface area (Å²) in [5.41, 5.74) is 5.91. The number of nitrogens with one attached hydrogen (secondary N) is 1. The molecule has 0 atom stereocenters. The van der Waals surface area contributed by atoms with Gasteiger partial charge in [-0.05, 0) is 19.9 Å². The highest BCUT2D eigenvalue weighted by Crippen LogP contribution is 1.96. The Balaban J connectivity index is 2.44. The van der Waals surface area contributed by atoms with Crippen LogP contribution in [0.2, 0.25) is 0 Å². The normalized spacial score (nSPS) is 10.1. The summed E-state index contributed by atoms with van der Waals surface area (Å²) >= 11 is 0. The molecule has 0 spiro atoms. The van der Waals surface area contributed by atoms with Gasteiger partial charge in [0.2, 0.25) is 0 Å². The molecule has 78 valence electrons. The van der Waals surface area contributed by atoms with Gasteiger partial charge >= 0.3 is 0 Å². The topological polar surface area (TPSA) is 72.9 Å². The molecule has 0 saturated carbocycles. The van der Waals surface area contributed by atoms with Crippen molar-refractivity contribution in [2.75, 3.05) is 13.1 Å². The van der Waals surface area contributed by atoms with Crippen LogP contribution in [0.25, 0.3) is 0 Å². The molecule has 0 aromatic carbocycles. The maximum atomic E-state index is 11.4. The first kappa shape index (κ1) is 10.7. The lowest BCUT2D eigenvalue weighted by Crippen LogP contribution is -2.25. The number of amides is 1. The highest BCUT2D eigenvalue weighted by Gasteiger charge is 2.06. The van der Waals surface area contributed by atoms with E-state index in [4.69, 9.17) is 5.73 Å². The molecule has 0 aliphatic rings. The molecule has 0 aliphatic heterocycles. The van der Waals surface area contributed by atoms with Crippen LogP contribution in [0.5, 0.6) is 0 Å². The first-order valence-corrected chi connectivity index (χ1v) is 4.78. The van der Waals surface area contributed by atoms with Crippen LogP contribution in [-0.2, 0) is 6.54 Å². The summed E-state index contributed by atoms with van der Waals surface area (Å²) in [6, 6.07) is 0. The van der Waals surface area contributed by atoms with Crippen LogP contribution in [0, 0.1) is 0 Å². The van der Waals surface area contributed by atoms with Gasteiger partial charge in [-0.15, -0.1) is 0 Å². The van der Waals surface area contributed by atoms with Crippen LogP contribution < -0.4 is 11.1 Å². The lowest BCUT2D eigenvalue weighted by molar-refractivity contribution is 0.0953. The van der Waals surface area contributed by atoms with E-state index in [2.05, 4.69) is 10.4 Å².